The zero-order chi connectivity index (χ0) is 15.9. The van der Waals surface area contributed by atoms with Gasteiger partial charge in [0.2, 0.25) is 0 Å². The Morgan fingerprint density at radius 1 is 1.33 bits per heavy atom. The van der Waals surface area contributed by atoms with Crippen LogP contribution in [0.2, 0.25) is 0 Å². The summed E-state index contributed by atoms with van der Waals surface area (Å²) in [7, 11) is 1.58. The van der Waals surface area contributed by atoms with Gasteiger partial charge in [-0.1, -0.05) is 18.2 Å². The van der Waals surface area contributed by atoms with E-state index in [0.29, 0.717) is 25.4 Å². The van der Waals surface area contributed by atoms with Crippen LogP contribution in [0, 0.1) is 6.92 Å². The Bertz CT molecular complexity index is 438. The molecule has 0 aliphatic heterocycles. The maximum atomic E-state index is 12.3. The minimum absolute atomic E-state index is 0.366. The van der Waals surface area contributed by atoms with Crippen molar-refractivity contribution in [3.63, 3.8) is 0 Å². The Hall–Kier alpha value is -1.31. The van der Waals surface area contributed by atoms with E-state index in [0.717, 1.165) is 11.1 Å². The number of hydrogen-bond donors (Lipinski definition) is 2. The number of ether oxygens (including phenoxy) is 2. The number of para-hydroxylation sites is 1. The molecule has 1 aromatic rings. The molecule has 0 saturated carbocycles. The van der Waals surface area contributed by atoms with Crippen molar-refractivity contribution in [2.75, 3.05) is 26.9 Å². The number of aliphatic hydroxyl groups excluding tert-OH is 1. The molecule has 0 aliphatic carbocycles. The Kier molecular flexibility index (Phi) is 6.94. The molecule has 0 fully saturated rings. The fourth-order valence-electron chi connectivity index (χ4n) is 1.71. The number of rotatable bonds is 8. The van der Waals surface area contributed by atoms with Crippen molar-refractivity contribution in [2.24, 2.45) is 0 Å². The first kappa shape index (κ1) is 17.7. The molecule has 1 atom stereocenters. The van der Waals surface area contributed by atoms with Crippen molar-refractivity contribution >= 4 is 0 Å². The molecule has 0 heterocycles. The van der Waals surface area contributed by atoms with Crippen molar-refractivity contribution in [1.29, 1.82) is 0 Å². The average Bonchev–Trinajstić information content (AvgIpc) is 2.41. The van der Waals surface area contributed by atoms with Crippen LogP contribution >= 0.6 is 0 Å². The maximum absolute atomic E-state index is 12.3. The molecule has 0 aliphatic rings. The number of methoxy groups -OCH3 is 1. The second-order valence-corrected chi connectivity index (χ2v) is 4.60. The van der Waals surface area contributed by atoms with E-state index in [9.17, 15) is 13.2 Å². The SMILES string of the molecule is COCCNCc1cccc(C)c1OCC(O)C(F)(F)F. The molecule has 2 N–H and O–H groups in total. The highest BCUT2D eigenvalue weighted by Crippen LogP contribution is 2.26. The van der Waals surface area contributed by atoms with Crippen LogP contribution in [-0.4, -0.2) is 44.3 Å². The third-order valence-corrected chi connectivity index (χ3v) is 2.86. The minimum atomic E-state index is -4.68. The van der Waals surface area contributed by atoms with Crippen LogP contribution in [0.4, 0.5) is 13.2 Å². The van der Waals surface area contributed by atoms with Crippen molar-refractivity contribution in [2.45, 2.75) is 25.7 Å². The molecule has 0 amide bonds. The molecular weight excluding hydrogens is 287 g/mol. The predicted octanol–water partition coefficient (Wildman–Crippen LogP) is 2.03. The number of nitrogens with one attached hydrogen (secondary N) is 1. The maximum Gasteiger partial charge on any atom is 0.417 e. The lowest BCUT2D eigenvalue weighted by molar-refractivity contribution is -0.210. The van der Waals surface area contributed by atoms with E-state index in [1.165, 1.54) is 0 Å². The van der Waals surface area contributed by atoms with Gasteiger partial charge in [0, 0.05) is 25.8 Å². The molecule has 1 unspecified atom stereocenters. The molecule has 0 bridgehead atoms. The Balaban J connectivity index is 2.67. The lowest BCUT2D eigenvalue weighted by Crippen LogP contribution is -2.34. The van der Waals surface area contributed by atoms with Gasteiger partial charge in [0.15, 0.2) is 6.10 Å². The van der Waals surface area contributed by atoms with Gasteiger partial charge >= 0.3 is 6.18 Å². The lowest BCUT2D eigenvalue weighted by Gasteiger charge is -2.18. The topological polar surface area (TPSA) is 50.7 Å². The van der Waals surface area contributed by atoms with Gasteiger partial charge in [-0.2, -0.15) is 13.2 Å². The first-order chi connectivity index (χ1) is 9.86. The third kappa shape index (κ3) is 5.91. The van der Waals surface area contributed by atoms with Gasteiger partial charge in [0.25, 0.3) is 0 Å². The monoisotopic (exact) mass is 307 g/mol. The summed E-state index contributed by atoms with van der Waals surface area (Å²) >= 11 is 0. The van der Waals surface area contributed by atoms with Crippen LogP contribution in [0.1, 0.15) is 11.1 Å². The summed E-state index contributed by atoms with van der Waals surface area (Å²) in [4.78, 5) is 0. The molecule has 21 heavy (non-hydrogen) atoms. The predicted molar refractivity (Wildman–Crippen MR) is 72.3 cm³/mol. The summed E-state index contributed by atoms with van der Waals surface area (Å²) in [5.74, 6) is 0.366. The van der Waals surface area contributed by atoms with E-state index in [2.05, 4.69) is 5.32 Å². The lowest BCUT2D eigenvalue weighted by atomic mass is 10.1. The highest BCUT2D eigenvalue weighted by Gasteiger charge is 2.38. The van der Waals surface area contributed by atoms with E-state index < -0.39 is 18.9 Å². The van der Waals surface area contributed by atoms with Gasteiger partial charge < -0.3 is 19.9 Å². The summed E-state index contributed by atoms with van der Waals surface area (Å²) in [6.07, 6.45) is -7.18. The van der Waals surface area contributed by atoms with Crippen molar-refractivity contribution in [3.05, 3.63) is 29.3 Å². The summed E-state index contributed by atoms with van der Waals surface area (Å²) in [5.41, 5.74) is 1.45. The standard InChI is InChI=1S/C14H20F3NO3/c1-10-4-3-5-11(8-18-6-7-20-2)13(10)21-9-12(19)14(15,16)17/h3-5,12,18-19H,6-9H2,1-2H3. The molecule has 1 rings (SSSR count). The van der Waals surface area contributed by atoms with Gasteiger partial charge in [0.1, 0.15) is 12.4 Å². The zero-order valence-electron chi connectivity index (χ0n) is 12.0. The molecular formula is C14H20F3NO3. The summed E-state index contributed by atoms with van der Waals surface area (Å²) in [6, 6.07) is 5.31. The Labute approximate surface area is 121 Å². The first-order valence-corrected chi connectivity index (χ1v) is 6.52. The van der Waals surface area contributed by atoms with E-state index >= 15 is 0 Å². The smallest absolute Gasteiger partial charge is 0.417 e. The fourth-order valence-corrected chi connectivity index (χ4v) is 1.71. The van der Waals surface area contributed by atoms with Crippen LogP contribution in [0.25, 0.3) is 0 Å². The molecule has 7 heteroatoms. The highest BCUT2D eigenvalue weighted by atomic mass is 19.4. The second-order valence-electron chi connectivity index (χ2n) is 4.60. The minimum Gasteiger partial charge on any atom is -0.490 e. The largest absolute Gasteiger partial charge is 0.490 e. The summed E-state index contributed by atoms with van der Waals surface area (Å²) in [6.45, 7) is 2.53. The summed E-state index contributed by atoms with van der Waals surface area (Å²) in [5, 5.41) is 12.1. The van der Waals surface area contributed by atoms with E-state index in [-0.39, 0.29) is 0 Å². The van der Waals surface area contributed by atoms with E-state index in [1.54, 1.807) is 32.2 Å². The van der Waals surface area contributed by atoms with Crippen LogP contribution in [0.3, 0.4) is 0 Å². The molecule has 0 aromatic heterocycles. The number of hydrogen-bond acceptors (Lipinski definition) is 4. The van der Waals surface area contributed by atoms with Gasteiger partial charge in [-0.05, 0) is 12.5 Å². The quantitative estimate of drug-likeness (QED) is 0.722. The fraction of sp³-hybridized carbons (Fsp3) is 0.571. The zero-order valence-corrected chi connectivity index (χ0v) is 12.0. The first-order valence-electron chi connectivity index (χ1n) is 6.52. The molecule has 4 nitrogen and oxygen atoms in total. The molecule has 120 valence electrons. The molecule has 0 radical (unpaired) electrons. The number of halogens is 3. The number of aryl methyl sites for hydroxylation is 1. The van der Waals surface area contributed by atoms with Crippen LogP contribution < -0.4 is 10.1 Å². The number of benzene rings is 1. The van der Waals surface area contributed by atoms with Gasteiger partial charge in [0.05, 0.1) is 6.61 Å². The van der Waals surface area contributed by atoms with Crippen LogP contribution in [0.15, 0.2) is 18.2 Å². The number of aliphatic hydroxyl groups is 1. The van der Waals surface area contributed by atoms with Gasteiger partial charge in [-0.15, -0.1) is 0 Å². The third-order valence-electron chi connectivity index (χ3n) is 2.86. The van der Waals surface area contributed by atoms with Crippen LogP contribution in [-0.2, 0) is 11.3 Å². The van der Waals surface area contributed by atoms with Crippen LogP contribution in [0.5, 0.6) is 5.75 Å². The van der Waals surface area contributed by atoms with Gasteiger partial charge in [-0.3, -0.25) is 0 Å². The second kappa shape index (κ2) is 8.21. The van der Waals surface area contributed by atoms with Crippen molar-refractivity contribution in [3.8, 4) is 5.75 Å². The molecule has 0 spiro atoms. The van der Waals surface area contributed by atoms with E-state index in [1.807, 2.05) is 0 Å². The van der Waals surface area contributed by atoms with Gasteiger partial charge in [-0.25, -0.2) is 0 Å². The molecule has 0 saturated heterocycles. The van der Waals surface area contributed by atoms with Crippen molar-refractivity contribution in [1.82, 2.24) is 5.32 Å². The van der Waals surface area contributed by atoms with E-state index in [4.69, 9.17) is 14.6 Å². The number of alkyl halides is 3. The Morgan fingerprint density at radius 2 is 2.05 bits per heavy atom. The average molecular weight is 307 g/mol. The van der Waals surface area contributed by atoms with Crippen molar-refractivity contribution < 1.29 is 27.8 Å². The Morgan fingerprint density at radius 3 is 2.67 bits per heavy atom. The molecule has 1 aromatic carbocycles. The highest BCUT2D eigenvalue weighted by molar-refractivity contribution is 5.40. The normalized spacial score (nSPS) is 13.2. The summed E-state index contributed by atoms with van der Waals surface area (Å²) < 4.78 is 46.9.